The highest BCUT2D eigenvalue weighted by molar-refractivity contribution is 6.35. The fourth-order valence-electron chi connectivity index (χ4n) is 6.18. The van der Waals surface area contributed by atoms with E-state index in [0.29, 0.717) is 46.0 Å². The van der Waals surface area contributed by atoms with E-state index in [1.807, 2.05) is 49.4 Å². The van der Waals surface area contributed by atoms with Crippen molar-refractivity contribution >= 4 is 23.2 Å². The van der Waals surface area contributed by atoms with Crippen LogP contribution in [0.5, 0.6) is 17.2 Å². The average molecular weight is 718 g/mol. The van der Waals surface area contributed by atoms with E-state index in [0.717, 1.165) is 78.7 Å². The molecule has 1 aliphatic carbocycles. The molecule has 2 heterocycles. The summed E-state index contributed by atoms with van der Waals surface area (Å²) in [6, 6.07) is 19.4. The van der Waals surface area contributed by atoms with Gasteiger partial charge in [-0.2, -0.15) is 5.26 Å². The van der Waals surface area contributed by atoms with E-state index >= 15 is 0 Å². The second kappa shape index (κ2) is 16.4. The van der Waals surface area contributed by atoms with E-state index in [-0.39, 0.29) is 31.5 Å². The van der Waals surface area contributed by atoms with Gasteiger partial charge < -0.3 is 34.6 Å². The van der Waals surface area contributed by atoms with Gasteiger partial charge in [0.05, 0.1) is 34.9 Å². The minimum absolute atomic E-state index is 0.0665. The molecular weight excluding hydrogens is 675 g/mol. The lowest BCUT2D eigenvalue weighted by molar-refractivity contribution is 0.173. The van der Waals surface area contributed by atoms with Crippen LogP contribution >= 0.6 is 23.2 Å². The summed E-state index contributed by atoms with van der Waals surface area (Å²) in [6.45, 7) is 6.10. The van der Waals surface area contributed by atoms with Gasteiger partial charge in [-0.15, -0.1) is 0 Å². The first-order chi connectivity index (χ1) is 24.3. The molecule has 6 rings (SSSR count). The van der Waals surface area contributed by atoms with Crippen molar-refractivity contribution in [1.82, 2.24) is 15.2 Å². The van der Waals surface area contributed by atoms with Crippen molar-refractivity contribution < 1.29 is 24.4 Å². The van der Waals surface area contributed by atoms with Crippen LogP contribution in [0.4, 0.5) is 0 Å². The number of pyridine rings is 1. The number of nitrogens with one attached hydrogen (secondary N) is 1. The molecule has 3 N–H and O–H groups in total. The number of likely N-dealkylation sites (tertiary alicyclic amines) is 1. The summed E-state index contributed by atoms with van der Waals surface area (Å²) >= 11 is 13.7. The number of nitrogens with zero attached hydrogens (tertiary/aromatic N) is 3. The molecule has 1 atom stereocenters. The average Bonchev–Trinajstić information content (AvgIpc) is 3.80. The molecule has 1 saturated heterocycles. The summed E-state index contributed by atoms with van der Waals surface area (Å²) in [7, 11) is 0. The van der Waals surface area contributed by atoms with Crippen LogP contribution in [-0.4, -0.2) is 64.6 Å². The molecule has 9 nitrogen and oxygen atoms in total. The van der Waals surface area contributed by atoms with Crippen LogP contribution in [0, 0.1) is 18.3 Å². The first-order valence-corrected chi connectivity index (χ1v) is 17.7. The van der Waals surface area contributed by atoms with Crippen LogP contribution in [0.25, 0.3) is 11.1 Å². The highest BCUT2D eigenvalue weighted by Gasteiger charge is 2.41. The summed E-state index contributed by atoms with van der Waals surface area (Å²) in [4.78, 5) is 6.40. The molecule has 3 aromatic carbocycles. The topological polar surface area (TPSA) is 120 Å². The van der Waals surface area contributed by atoms with Crippen LogP contribution in [0.2, 0.25) is 10.0 Å². The van der Waals surface area contributed by atoms with Gasteiger partial charge in [0.1, 0.15) is 36.5 Å². The van der Waals surface area contributed by atoms with Gasteiger partial charge in [-0.25, -0.2) is 0 Å². The van der Waals surface area contributed by atoms with Crippen LogP contribution in [0.1, 0.15) is 53.5 Å². The number of ether oxygens (including phenoxy) is 3. The maximum Gasteiger partial charge on any atom is 0.142 e. The number of halogens is 2. The molecule has 0 radical (unpaired) electrons. The fourth-order valence-corrected chi connectivity index (χ4v) is 6.70. The van der Waals surface area contributed by atoms with Crippen LogP contribution in [0.15, 0.2) is 67.0 Å². The number of hydrogen-bond acceptors (Lipinski definition) is 9. The Bertz CT molecular complexity index is 1840. The summed E-state index contributed by atoms with van der Waals surface area (Å²) in [5.74, 6) is 1.70. The van der Waals surface area contributed by atoms with Crippen molar-refractivity contribution in [3.05, 3.63) is 105 Å². The number of aliphatic hydroxyl groups excluding tert-OH is 2. The molecular formula is C39H42Cl2N4O5. The molecule has 2 aliphatic rings. The maximum absolute atomic E-state index is 9.82. The molecule has 0 spiro atoms. The van der Waals surface area contributed by atoms with Crippen LogP contribution < -0.4 is 19.5 Å². The van der Waals surface area contributed by atoms with E-state index < -0.39 is 0 Å². The molecule has 1 unspecified atom stereocenters. The van der Waals surface area contributed by atoms with Crippen molar-refractivity contribution in [3.8, 4) is 34.4 Å². The predicted octanol–water partition coefficient (Wildman–Crippen LogP) is 6.84. The van der Waals surface area contributed by atoms with Crippen molar-refractivity contribution in [2.75, 3.05) is 32.8 Å². The van der Waals surface area contributed by atoms with Gasteiger partial charge in [-0.1, -0.05) is 53.5 Å². The third-order valence-electron chi connectivity index (χ3n) is 9.45. The molecule has 1 saturated carbocycles. The van der Waals surface area contributed by atoms with Gasteiger partial charge in [-0.3, -0.25) is 4.98 Å². The molecule has 11 heteroatoms. The lowest BCUT2D eigenvalue weighted by atomic mass is 9.96. The molecule has 1 aliphatic heterocycles. The van der Waals surface area contributed by atoms with Crippen molar-refractivity contribution in [2.24, 2.45) is 0 Å². The van der Waals surface area contributed by atoms with E-state index in [4.69, 9.17) is 37.4 Å². The smallest absolute Gasteiger partial charge is 0.142 e. The lowest BCUT2D eigenvalue weighted by Crippen LogP contribution is -2.34. The van der Waals surface area contributed by atoms with Gasteiger partial charge in [-0.05, 0) is 67.5 Å². The Morgan fingerprint density at radius 3 is 2.54 bits per heavy atom. The number of aromatic nitrogens is 1. The van der Waals surface area contributed by atoms with Crippen LogP contribution in [-0.2, 0) is 19.8 Å². The van der Waals surface area contributed by atoms with Crippen molar-refractivity contribution in [2.45, 2.75) is 64.0 Å². The Hall–Kier alpha value is -3.88. The molecule has 262 valence electrons. The normalized spacial score (nSPS) is 16.6. The summed E-state index contributed by atoms with van der Waals surface area (Å²) < 4.78 is 18.7. The van der Waals surface area contributed by atoms with Gasteiger partial charge in [0.15, 0.2) is 0 Å². The zero-order valence-corrected chi connectivity index (χ0v) is 29.6. The molecule has 1 aromatic heterocycles. The van der Waals surface area contributed by atoms with E-state index in [1.165, 1.54) is 6.20 Å². The Kier molecular flexibility index (Phi) is 11.8. The number of hydrogen-bond donors (Lipinski definition) is 3. The zero-order valence-electron chi connectivity index (χ0n) is 28.1. The largest absolute Gasteiger partial charge is 0.492 e. The number of benzene rings is 3. The highest BCUT2D eigenvalue weighted by Crippen LogP contribution is 2.40. The standard InChI is InChI=1S/C39H42Cl2N4O5/c1-26-29(5-2-6-32(26)33-7-3-8-35(38(33)41)48-14-4-12-45-13-9-31(47)22-45)24-50-37-17-36(49-23-28-15-27(18-42)19-43-20-28)30(16-34(37)40)21-44-39(25-46)10-11-39/h2-3,5-8,15-17,19-20,31,44,46-47H,4,9-14,21-25H2,1H3. The minimum atomic E-state index is -0.264. The van der Waals surface area contributed by atoms with Crippen molar-refractivity contribution in [1.29, 1.82) is 5.26 Å². The SMILES string of the molecule is Cc1c(COc2cc(OCc3cncc(C#N)c3)c(CNC3(CO)CC3)cc2Cl)cccc1-c1cccc(OCCCN2CCC(O)C2)c1Cl. The third-order valence-corrected chi connectivity index (χ3v) is 10.1. The first-order valence-electron chi connectivity index (χ1n) is 17.0. The Labute approximate surface area is 303 Å². The second-order valence-electron chi connectivity index (χ2n) is 13.1. The molecule has 0 bridgehead atoms. The quantitative estimate of drug-likeness (QED) is 0.107. The molecule has 0 amide bonds. The van der Waals surface area contributed by atoms with E-state index in [1.54, 1.807) is 18.3 Å². The van der Waals surface area contributed by atoms with E-state index in [9.17, 15) is 15.5 Å². The Morgan fingerprint density at radius 2 is 1.78 bits per heavy atom. The third kappa shape index (κ3) is 8.88. The summed E-state index contributed by atoms with van der Waals surface area (Å²) in [5.41, 5.74) is 5.64. The minimum Gasteiger partial charge on any atom is -0.492 e. The second-order valence-corrected chi connectivity index (χ2v) is 13.9. The fraction of sp³-hybridized carbons (Fsp3) is 0.385. The van der Waals surface area contributed by atoms with Crippen molar-refractivity contribution in [3.63, 3.8) is 0 Å². The number of aliphatic hydroxyl groups is 2. The Morgan fingerprint density at radius 1 is 0.980 bits per heavy atom. The summed E-state index contributed by atoms with van der Waals surface area (Å²) in [6.07, 6.45) is 6.46. The molecule has 50 heavy (non-hydrogen) atoms. The van der Waals surface area contributed by atoms with Gasteiger partial charge in [0.2, 0.25) is 0 Å². The maximum atomic E-state index is 9.82. The van der Waals surface area contributed by atoms with E-state index in [2.05, 4.69) is 21.3 Å². The number of nitriles is 1. The highest BCUT2D eigenvalue weighted by atomic mass is 35.5. The first kappa shape index (κ1) is 35.9. The number of rotatable bonds is 16. The number of β-amino-alcohol motifs (C(OH)–C–C–N with tert-alkyl or cyclic N) is 1. The van der Waals surface area contributed by atoms with Gasteiger partial charge in [0.25, 0.3) is 0 Å². The lowest BCUT2D eigenvalue weighted by Gasteiger charge is -2.19. The van der Waals surface area contributed by atoms with Gasteiger partial charge >= 0.3 is 0 Å². The monoisotopic (exact) mass is 716 g/mol. The Balaban J connectivity index is 1.15. The summed E-state index contributed by atoms with van der Waals surface area (Å²) in [5, 5.41) is 33.3. The molecule has 2 fully saturated rings. The predicted molar refractivity (Wildman–Crippen MR) is 194 cm³/mol. The van der Waals surface area contributed by atoms with Gasteiger partial charge in [0, 0.05) is 66.9 Å². The molecule has 4 aromatic rings. The zero-order chi connectivity index (χ0) is 35.1. The van der Waals surface area contributed by atoms with Crippen LogP contribution in [0.3, 0.4) is 0 Å².